The minimum absolute atomic E-state index is 0.0367. The fraction of sp³-hybridized carbons (Fsp3) is 0.692. The van der Waals surface area contributed by atoms with Gasteiger partial charge in [0.1, 0.15) is 0 Å². The van der Waals surface area contributed by atoms with Gasteiger partial charge in [0.25, 0.3) is 0 Å². The molecule has 1 fully saturated rings. The molecule has 0 atom stereocenters. The fourth-order valence-corrected chi connectivity index (χ4v) is 2.44. The van der Waals surface area contributed by atoms with Crippen LogP contribution in [0.2, 0.25) is 0 Å². The third kappa shape index (κ3) is 3.35. The Morgan fingerprint density at radius 3 is 2.75 bits per heavy atom. The van der Waals surface area contributed by atoms with Crippen LogP contribution in [-0.2, 0) is 13.6 Å². The van der Waals surface area contributed by atoms with Crippen molar-refractivity contribution in [1.29, 1.82) is 0 Å². The molecule has 1 aliphatic carbocycles. The predicted octanol–water partition coefficient (Wildman–Crippen LogP) is 1.67. The Balaban J connectivity index is 1.64. The minimum atomic E-state index is -0.0367. The molecular formula is C13H22N2O. The monoisotopic (exact) mass is 222 g/mol. The van der Waals surface area contributed by atoms with Crippen molar-refractivity contribution in [2.75, 3.05) is 6.54 Å². The molecule has 0 radical (unpaired) electrons. The van der Waals surface area contributed by atoms with Crippen LogP contribution in [0.25, 0.3) is 0 Å². The quantitative estimate of drug-likeness (QED) is 0.813. The number of nitrogens with one attached hydrogen (secondary N) is 1. The van der Waals surface area contributed by atoms with Crippen molar-refractivity contribution in [2.24, 2.45) is 13.0 Å². The van der Waals surface area contributed by atoms with Crippen molar-refractivity contribution in [3.8, 4) is 0 Å². The standard InChI is InChI=1S/C13H22N2O/c1-15-7-6-12(10-15)9-14-8-11-2-4-13(16)5-3-11/h6-7,10-11,13-14,16H,2-5,8-9H2,1H3. The van der Waals surface area contributed by atoms with Crippen molar-refractivity contribution >= 4 is 0 Å². The van der Waals surface area contributed by atoms with E-state index in [0.717, 1.165) is 31.8 Å². The molecule has 2 N–H and O–H groups in total. The van der Waals surface area contributed by atoms with Crippen molar-refractivity contribution < 1.29 is 5.11 Å². The number of hydrogen-bond donors (Lipinski definition) is 2. The summed E-state index contributed by atoms with van der Waals surface area (Å²) < 4.78 is 2.08. The van der Waals surface area contributed by atoms with E-state index in [2.05, 4.69) is 28.3 Å². The Kier molecular flexibility index (Phi) is 4.02. The average molecular weight is 222 g/mol. The second kappa shape index (κ2) is 5.51. The van der Waals surface area contributed by atoms with Gasteiger partial charge in [-0.3, -0.25) is 0 Å². The molecule has 0 saturated heterocycles. The lowest BCUT2D eigenvalue weighted by molar-refractivity contribution is 0.108. The van der Waals surface area contributed by atoms with E-state index in [1.165, 1.54) is 18.4 Å². The Morgan fingerprint density at radius 2 is 2.12 bits per heavy atom. The van der Waals surface area contributed by atoms with Crippen molar-refractivity contribution in [3.63, 3.8) is 0 Å². The van der Waals surface area contributed by atoms with Crippen LogP contribution < -0.4 is 5.32 Å². The van der Waals surface area contributed by atoms with Crippen molar-refractivity contribution in [1.82, 2.24) is 9.88 Å². The molecule has 0 bridgehead atoms. The first-order chi connectivity index (χ1) is 7.74. The lowest BCUT2D eigenvalue weighted by Crippen LogP contribution is -2.27. The highest BCUT2D eigenvalue weighted by Gasteiger charge is 2.18. The number of rotatable bonds is 4. The van der Waals surface area contributed by atoms with Crippen molar-refractivity contribution in [2.45, 2.75) is 38.3 Å². The molecule has 0 aromatic carbocycles. The van der Waals surface area contributed by atoms with Crippen LogP contribution in [-0.4, -0.2) is 22.3 Å². The first-order valence-corrected chi connectivity index (χ1v) is 6.23. The lowest BCUT2D eigenvalue weighted by atomic mass is 9.87. The predicted molar refractivity (Wildman–Crippen MR) is 65.1 cm³/mol. The summed E-state index contributed by atoms with van der Waals surface area (Å²) in [5, 5.41) is 12.9. The number of nitrogens with zero attached hydrogens (tertiary/aromatic N) is 1. The maximum atomic E-state index is 9.41. The number of hydrogen-bond acceptors (Lipinski definition) is 2. The number of aliphatic hydroxyl groups is 1. The van der Waals surface area contributed by atoms with E-state index in [9.17, 15) is 5.11 Å². The highest BCUT2D eigenvalue weighted by atomic mass is 16.3. The highest BCUT2D eigenvalue weighted by molar-refractivity contribution is 5.09. The van der Waals surface area contributed by atoms with Crippen LogP contribution in [0, 0.1) is 5.92 Å². The van der Waals surface area contributed by atoms with E-state index in [0.29, 0.717) is 0 Å². The minimum Gasteiger partial charge on any atom is -0.393 e. The van der Waals surface area contributed by atoms with E-state index < -0.39 is 0 Å². The Hall–Kier alpha value is -0.800. The van der Waals surface area contributed by atoms with Gasteiger partial charge in [-0.25, -0.2) is 0 Å². The van der Waals surface area contributed by atoms with E-state index in [4.69, 9.17) is 0 Å². The SMILES string of the molecule is Cn1ccc(CNCC2CCC(O)CC2)c1. The second-order valence-electron chi connectivity index (χ2n) is 4.99. The van der Waals surface area contributed by atoms with Crippen LogP contribution in [0.1, 0.15) is 31.2 Å². The van der Waals surface area contributed by atoms with Gasteiger partial charge < -0.3 is 15.0 Å². The van der Waals surface area contributed by atoms with Gasteiger partial charge in [-0.2, -0.15) is 0 Å². The summed E-state index contributed by atoms with van der Waals surface area (Å²) in [5.74, 6) is 0.757. The molecule has 1 saturated carbocycles. The van der Waals surface area contributed by atoms with Gasteiger partial charge in [-0.15, -0.1) is 0 Å². The first kappa shape index (κ1) is 11.7. The molecule has 1 aromatic heterocycles. The van der Waals surface area contributed by atoms with Gasteiger partial charge in [0.2, 0.25) is 0 Å². The molecule has 90 valence electrons. The normalized spacial score (nSPS) is 25.9. The first-order valence-electron chi connectivity index (χ1n) is 6.23. The Bertz CT molecular complexity index is 313. The number of aliphatic hydroxyl groups excluding tert-OH is 1. The molecule has 1 aromatic rings. The summed E-state index contributed by atoms with van der Waals surface area (Å²) in [5.41, 5.74) is 1.35. The van der Waals surface area contributed by atoms with Crippen LogP contribution in [0.4, 0.5) is 0 Å². The van der Waals surface area contributed by atoms with Crippen LogP contribution >= 0.6 is 0 Å². The largest absolute Gasteiger partial charge is 0.393 e. The molecule has 3 nitrogen and oxygen atoms in total. The smallest absolute Gasteiger partial charge is 0.0540 e. The molecule has 2 rings (SSSR count). The molecule has 0 amide bonds. The van der Waals surface area contributed by atoms with Crippen LogP contribution in [0.15, 0.2) is 18.5 Å². The Morgan fingerprint density at radius 1 is 1.38 bits per heavy atom. The molecule has 0 spiro atoms. The summed E-state index contributed by atoms with van der Waals surface area (Å²) in [4.78, 5) is 0. The van der Waals surface area contributed by atoms with Gasteiger partial charge >= 0.3 is 0 Å². The van der Waals surface area contributed by atoms with E-state index >= 15 is 0 Å². The molecule has 0 unspecified atom stereocenters. The van der Waals surface area contributed by atoms with Crippen LogP contribution in [0.5, 0.6) is 0 Å². The van der Waals surface area contributed by atoms with Gasteiger partial charge in [-0.05, 0) is 49.8 Å². The molecule has 1 aliphatic rings. The fourth-order valence-electron chi connectivity index (χ4n) is 2.44. The molecule has 3 heteroatoms. The zero-order valence-electron chi connectivity index (χ0n) is 10.0. The highest BCUT2D eigenvalue weighted by Crippen LogP contribution is 2.23. The summed E-state index contributed by atoms with van der Waals surface area (Å²) in [6.07, 6.45) is 8.50. The number of aromatic nitrogens is 1. The molecule has 16 heavy (non-hydrogen) atoms. The summed E-state index contributed by atoms with van der Waals surface area (Å²) in [6, 6.07) is 2.15. The van der Waals surface area contributed by atoms with E-state index in [-0.39, 0.29) is 6.10 Å². The molecule has 1 heterocycles. The van der Waals surface area contributed by atoms with Crippen LogP contribution in [0.3, 0.4) is 0 Å². The topological polar surface area (TPSA) is 37.2 Å². The zero-order chi connectivity index (χ0) is 11.4. The second-order valence-corrected chi connectivity index (χ2v) is 4.99. The van der Waals surface area contributed by atoms with Gasteiger partial charge in [0, 0.05) is 26.0 Å². The lowest BCUT2D eigenvalue weighted by Gasteiger charge is -2.25. The average Bonchev–Trinajstić information content (AvgIpc) is 2.67. The van der Waals surface area contributed by atoms with E-state index in [1.54, 1.807) is 0 Å². The van der Waals surface area contributed by atoms with Gasteiger partial charge in [0.15, 0.2) is 0 Å². The van der Waals surface area contributed by atoms with Gasteiger partial charge in [-0.1, -0.05) is 0 Å². The summed E-state index contributed by atoms with van der Waals surface area (Å²) in [7, 11) is 2.05. The molecular weight excluding hydrogens is 200 g/mol. The van der Waals surface area contributed by atoms with Gasteiger partial charge in [0.05, 0.1) is 6.10 Å². The summed E-state index contributed by atoms with van der Waals surface area (Å²) >= 11 is 0. The maximum absolute atomic E-state index is 9.41. The van der Waals surface area contributed by atoms with E-state index in [1.807, 2.05) is 7.05 Å². The third-order valence-electron chi connectivity index (χ3n) is 3.47. The number of aryl methyl sites for hydroxylation is 1. The third-order valence-corrected chi connectivity index (χ3v) is 3.47. The zero-order valence-corrected chi connectivity index (χ0v) is 10.0. The molecule has 0 aliphatic heterocycles. The summed E-state index contributed by atoms with van der Waals surface area (Å²) in [6.45, 7) is 2.04. The maximum Gasteiger partial charge on any atom is 0.0540 e. The Labute approximate surface area is 97.5 Å². The van der Waals surface area contributed by atoms with Crippen molar-refractivity contribution in [3.05, 3.63) is 24.0 Å².